The fourth-order valence-corrected chi connectivity index (χ4v) is 2.71. The summed E-state index contributed by atoms with van der Waals surface area (Å²) in [6, 6.07) is 1.41. The molecule has 0 radical (unpaired) electrons. The third-order valence-electron chi connectivity index (χ3n) is 5.13. The van der Waals surface area contributed by atoms with Crippen molar-refractivity contribution in [3.05, 3.63) is 94.6 Å². The first-order valence-electron chi connectivity index (χ1n) is 10.9. The Morgan fingerprint density at radius 3 is 2.06 bits per heavy atom. The Morgan fingerprint density at radius 2 is 1.47 bits per heavy atom. The second kappa shape index (κ2) is 15.0. The Morgan fingerprint density at radius 1 is 0.906 bits per heavy atom. The molecule has 5 heteroatoms. The van der Waals surface area contributed by atoms with Gasteiger partial charge in [-0.2, -0.15) is 0 Å². The van der Waals surface area contributed by atoms with E-state index in [0.717, 1.165) is 12.8 Å². The van der Waals surface area contributed by atoms with E-state index in [1.54, 1.807) is 25.2 Å². The molecule has 0 aliphatic carbocycles. The number of aliphatic hydroxyl groups is 2. The van der Waals surface area contributed by atoms with Gasteiger partial charge in [-0.1, -0.05) is 80.7 Å². The molecule has 1 aromatic rings. The molecule has 0 unspecified atom stereocenters. The maximum absolute atomic E-state index is 11.5. The van der Waals surface area contributed by atoms with Crippen LogP contribution in [0.15, 0.2) is 82.1 Å². The number of unbranched alkanes of at least 4 members (excludes halogenated alkanes) is 1. The maximum Gasteiger partial charge on any atom is 0.342 e. The Labute approximate surface area is 191 Å². The highest BCUT2D eigenvalue weighted by Crippen LogP contribution is 2.17. The highest BCUT2D eigenvalue weighted by atomic mass is 16.4. The van der Waals surface area contributed by atoms with Crippen LogP contribution < -0.4 is 5.63 Å². The average molecular weight is 441 g/mol. The molecule has 0 bridgehead atoms. The Balaban J connectivity index is 2.28. The van der Waals surface area contributed by atoms with Crippen LogP contribution in [0.4, 0.5) is 0 Å². The van der Waals surface area contributed by atoms with Gasteiger partial charge in [-0.3, -0.25) is 0 Å². The van der Waals surface area contributed by atoms with Crippen molar-refractivity contribution < 1.29 is 19.7 Å². The zero-order valence-electron chi connectivity index (χ0n) is 19.4. The van der Waals surface area contributed by atoms with Gasteiger partial charge in [0.15, 0.2) is 0 Å². The monoisotopic (exact) mass is 440 g/mol. The van der Waals surface area contributed by atoms with Crippen LogP contribution in [0.5, 0.6) is 5.75 Å². The van der Waals surface area contributed by atoms with E-state index in [-0.39, 0.29) is 23.1 Å². The number of aliphatic hydroxyl groups excluding tert-OH is 2. The molecule has 3 N–H and O–H groups in total. The van der Waals surface area contributed by atoms with Crippen LogP contribution >= 0.6 is 0 Å². The van der Waals surface area contributed by atoms with Gasteiger partial charge in [0.2, 0.25) is 0 Å². The van der Waals surface area contributed by atoms with Gasteiger partial charge in [-0.15, -0.1) is 0 Å². The highest BCUT2D eigenvalue weighted by Gasteiger charge is 2.22. The van der Waals surface area contributed by atoms with Crippen molar-refractivity contribution in [1.82, 2.24) is 0 Å². The Bertz CT molecular complexity index is 912. The number of allylic oxidation sites excluding steroid dienone is 10. The molecule has 0 saturated heterocycles. The summed E-state index contributed by atoms with van der Waals surface area (Å²) in [5.41, 5.74) is -0.340. The molecule has 0 aliphatic rings. The zero-order chi connectivity index (χ0) is 23.9. The largest absolute Gasteiger partial charge is 0.507 e. The van der Waals surface area contributed by atoms with Gasteiger partial charge in [0, 0.05) is 17.9 Å². The second-order valence-corrected chi connectivity index (χ2v) is 7.84. The third-order valence-corrected chi connectivity index (χ3v) is 5.13. The van der Waals surface area contributed by atoms with E-state index in [9.17, 15) is 20.1 Å². The Hall–Kier alpha value is -2.89. The molecule has 1 aromatic heterocycles. The Kier molecular flexibility index (Phi) is 12.7. The maximum atomic E-state index is 11.5. The standard InChI is InChI=1S/C27H36O5/c1-20(26(30)21(2)23(4)28)17-15-13-11-9-7-5-6-8-10-12-14-16-18-24-19-25(29)22(3)27(31)32-24/h5-6,8,10-21,23,26,28-30H,7,9H2,1-4H3/b6-5+,10-8+,13-11+,14-12+,17-15+,18-16+/t20-,21-,23-,26-/m0/s1. The fraction of sp³-hybridized carbons (Fsp3) is 0.370. The summed E-state index contributed by atoms with van der Waals surface area (Å²) in [4.78, 5) is 11.5. The number of aromatic hydroxyl groups is 1. The molecule has 0 saturated carbocycles. The number of rotatable bonds is 12. The van der Waals surface area contributed by atoms with Crippen LogP contribution in [0, 0.1) is 18.8 Å². The van der Waals surface area contributed by atoms with Crippen molar-refractivity contribution in [2.24, 2.45) is 11.8 Å². The molecule has 0 amide bonds. The zero-order valence-corrected chi connectivity index (χ0v) is 19.4. The molecular weight excluding hydrogens is 404 g/mol. The molecule has 1 heterocycles. The third kappa shape index (κ3) is 10.4. The minimum Gasteiger partial charge on any atom is -0.507 e. The van der Waals surface area contributed by atoms with Crippen LogP contribution in [0.2, 0.25) is 0 Å². The van der Waals surface area contributed by atoms with Gasteiger partial charge in [0.05, 0.1) is 17.8 Å². The van der Waals surface area contributed by atoms with E-state index >= 15 is 0 Å². The van der Waals surface area contributed by atoms with Crippen LogP contribution in [0.3, 0.4) is 0 Å². The molecule has 5 nitrogen and oxygen atoms in total. The quantitative estimate of drug-likeness (QED) is 0.305. The molecule has 4 atom stereocenters. The molecule has 174 valence electrons. The lowest BCUT2D eigenvalue weighted by Crippen LogP contribution is -2.31. The fourth-order valence-electron chi connectivity index (χ4n) is 2.71. The van der Waals surface area contributed by atoms with Crippen LogP contribution in [-0.4, -0.2) is 27.5 Å². The molecule has 32 heavy (non-hydrogen) atoms. The topological polar surface area (TPSA) is 90.9 Å². The molecule has 0 fully saturated rings. The smallest absolute Gasteiger partial charge is 0.342 e. The van der Waals surface area contributed by atoms with Crippen molar-refractivity contribution in [1.29, 1.82) is 0 Å². The summed E-state index contributed by atoms with van der Waals surface area (Å²) in [5.74, 6) is 0.0543. The van der Waals surface area contributed by atoms with Gasteiger partial charge in [-0.25, -0.2) is 4.79 Å². The van der Waals surface area contributed by atoms with Crippen molar-refractivity contribution in [2.45, 2.75) is 52.7 Å². The van der Waals surface area contributed by atoms with Crippen molar-refractivity contribution in [3.63, 3.8) is 0 Å². The SMILES string of the molecule is Cc1c(O)cc(/C=C/C=C/C=C/C=C/CC/C=C/C=C/[C@H](C)[C@H](O)[C@@H](C)[C@H](C)O)oc1=O. The predicted octanol–water partition coefficient (Wildman–Crippen LogP) is 5.24. The van der Waals surface area contributed by atoms with Crippen molar-refractivity contribution in [2.75, 3.05) is 0 Å². The predicted molar refractivity (Wildman–Crippen MR) is 131 cm³/mol. The van der Waals surface area contributed by atoms with Crippen molar-refractivity contribution >= 4 is 6.08 Å². The van der Waals surface area contributed by atoms with E-state index < -0.39 is 17.8 Å². The summed E-state index contributed by atoms with van der Waals surface area (Å²) in [6.07, 6.45) is 23.6. The van der Waals surface area contributed by atoms with Gasteiger partial charge >= 0.3 is 5.63 Å². The lowest BCUT2D eigenvalue weighted by atomic mass is 9.90. The van der Waals surface area contributed by atoms with E-state index in [2.05, 4.69) is 12.2 Å². The van der Waals surface area contributed by atoms with Gasteiger partial charge in [-0.05, 0) is 32.8 Å². The van der Waals surface area contributed by atoms with Gasteiger partial charge < -0.3 is 19.7 Å². The number of hydrogen-bond donors (Lipinski definition) is 3. The molecule has 0 aliphatic heterocycles. The summed E-state index contributed by atoms with van der Waals surface area (Å²) < 4.78 is 5.04. The van der Waals surface area contributed by atoms with Gasteiger partial charge in [0.25, 0.3) is 0 Å². The average Bonchev–Trinajstić information content (AvgIpc) is 2.76. The van der Waals surface area contributed by atoms with Crippen LogP contribution in [0.25, 0.3) is 6.08 Å². The summed E-state index contributed by atoms with van der Waals surface area (Å²) >= 11 is 0. The summed E-state index contributed by atoms with van der Waals surface area (Å²) in [6.45, 7) is 7.00. The van der Waals surface area contributed by atoms with Crippen LogP contribution in [-0.2, 0) is 0 Å². The molecule has 0 aromatic carbocycles. The minimum absolute atomic E-state index is 0.0141. The first-order chi connectivity index (χ1) is 15.2. The molecular formula is C27H36O5. The first-order valence-corrected chi connectivity index (χ1v) is 10.9. The minimum atomic E-state index is -0.560. The van der Waals surface area contributed by atoms with E-state index in [1.165, 1.54) is 13.0 Å². The molecule has 1 rings (SSSR count). The number of hydrogen-bond acceptors (Lipinski definition) is 5. The normalized spacial score (nSPS) is 16.9. The van der Waals surface area contributed by atoms with E-state index in [4.69, 9.17) is 4.42 Å². The van der Waals surface area contributed by atoms with E-state index in [0.29, 0.717) is 5.76 Å². The lowest BCUT2D eigenvalue weighted by Gasteiger charge is -2.24. The van der Waals surface area contributed by atoms with Crippen LogP contribution in [0.1, 0.15) is 44.9 Å². The summed E-state index contributed by atoms with van der Waals surface area (Å²) in [7, 11) is 0. The van der Waals surface area contributed by atoms with Crippen molar-refractivity contribution in [3.8, 4) is 5.75 Å². The lowest BCUT2D eigenvalue weighted by molar-refractivity contribution is 0.0124. The highest BCUT2D eigenvalue weighted by molar-refractivity contribution is 5.48. The second-order valence-electron chi connectivity index (χ2n) is 7.84. The first kappa shape index (κ1) is 27.1. The molecule has 0 spiro atoms. The summed E-state index contributed by atoms with van der Waals surface area (Å²) in [5, 5.41) is 29.3. The van der Waals surface area contributed by atoms with E-state index in [1.807, 2.05) is 56.4 Å². The van der Waals surface area contributed by atoms with Gasteiger partial charge in [0.1, 0.15) is 11.5 Å².